The molecule has 1 aromatic heterocycles. The van der Waals surface area contributed by atoms with E-state index in [1.807, 2.05) is 11.8 Å². The van der Waals surface area contributed by atoms with Crippen LogP contribution < -0.4 is 5.32 Å². The molecule has 0 radical (unpaired) electrons. The van der Waals surface area contributed by atoms with Crippen LogP contribution in [0.15, 0.2) is 18.3 Å². The van der Waals surface area contributed by atoms with Crippen LogP contribution in [-0.4, -0.2) is 33.6 Å². The lowest BCUT2D eigenvalue weighted by atomic mass is 10.1. The fraction of sp³-hybridized carbons (Fsp3) is 0.500. The van der Waals surface area contributed by atoms with E-state index in [9.17, 15) is 4.79 Å². The Bertz CT molecular complexity index is 375. The standard InChI is InChI=1S/C12H16N2O2S/c15-12(16)9-1-2-11(13-7-9)8-14-10-3-5-17-6-4-10/h1-2,7,10,14H,3-6,8H2,(H,15,16). The van der Waals surface area contributed by atoms with Gasteiger partial charge in [0, 0.05) is 18.8 Å². The van der Waals surface area contributed by atoms with Crippen molar-refractivity contribution in [1.29, 1.82) is 0 Å². The van der Waals surface area contributed by atoms with Gasteiger partial charge in [-0.2, -0.15) is 11.8 Å². The highest BCUT2D eigenvalue weighted by Crippen LogP contribution is 2.17. The average Bonchev–Trinajstić information content (AvgIpc) is 2.38. The highest BCUT2D eigenvalue weighted by molar-refractivity contribution is 7.99. The molecule has 0 saturated carbocycles. The normalized spacial score (nSPS) is 16.9. The fourth-order valence-electron chi connectivity index (χ4n) is 1.81. The molecule has 0 bridgehead atoms. The van der Waals surface area contributed by atoms with Crippen LogP contribution in [0.5, 0.6) is 0 Å². The van der Waals surface area contributed by atoms with E-state index >= 15 is 0 Å². The van der Waals surface area contributed by atoms with Crippen molar-refractivity contribution in [3.8, 4) is 0 Å². The molecule has 5 heteroatoms. The molecule has 1 saturated heterocycles. The van der Waals surface area contributed by atoms with Gasteiger partial charge in [0.05, 0.1) is 11.3 Å². The molecule has 0 unspecified atom stereocenters. The quantitative estimate of drug-likeness (QED) is 0.855. The van der Waals surface area contributed by atoms with Crippen molar-refractivity contribution < 1.29 is 9.90 Å². The number of carboxylic acids is 1. The molecule has 4 nitrogen and oxygen atoms in total. The van der Waals surface area contributed by atoms with Gasteiger partial charge < -0.3 is 10.4 Å². The minimum atomic E-state index is -0.929. The number of aromatic nitrogens is 1. The Hall–Kier alpha value is -1.07. The van der Waals surface area contributed by atoms with Gasteiger partial charge in [0.2, 0.25) is 0 Å². The summed E-state index contributed by atoms with van der Waals surface area (Å²) in [5.74, 6) is 1.52. The maximum Gasteiger partial charge on any atom is 0.337 e. The molecular weight excluding hydrogens is 236 g/mol. The highest BCUT2D eigenvalue weighted by atomic mass is 32.2. The second-order valence-corrected chi connectivity index (χ2v) is 5.34. The maximum atomic E-state index is 10.7. The molecule has 92 valence electrons. The molecule has 0 spiro atoms. The lowest BCUT2D eigenvalue weighted by Gasteiger charge is -2.22. The van der Waals surface area contributed by atoms with Gasteiger partial charge in [-0.3, -0.25) is 4.98 Å². The zero-order chi connectivity index (χ0) is 12.1. The lowest BCUT2D eigenvalue weighted by Crippen LogP contribution is -2.32. The number of rotatable bonds is 4. The largest absolute Gasteiger partial charge is 0.478 e. The number of nitrogens with zero attached hydrogens (tertiary/aromatic N) is 1. The Morgan fingerprint density at radius 1 is 1.47 bits per heavy atom. The minimum Gasteiger partial charge on any atom is -0.478 e. The fourth-order valence-corrected chi connectivity index (χ4v) is 2.91. The lowest BCUT2D eigenvalue weighted by molar-refractivity contribution is 0.0696. The third kappa shape index (κ3) is 3.71. The smallest absolute Gasteiger partial charge is 0.337 e. The SMILES string of the molecule is O=C(O)c1ccc(CNC2CCSCC2)nc1. The van der Waals surface area contributed by atoms with Gasteiger partial charge in [-0.1, -0.05) is 0 Å². The Kier molecular flexibility index (Phi) is 4.39. The molecule has 2 rings (SSSR count). The molecule has 0 amide bonds. The van der Waals surface area contributed by atoms with E-state index in [4.69, 9.17) is 5.11 Å². The zero-order valence-electron chi connectivity index (χ0n) is 9.56. The van der Waals surface area contributed by atoms with E-state index in [-0.39, 0.29) is 5.56 Å². The Morgan fingerprint density at radius 3 is 2.82 bits per heavy atom. The summed E-state index contributed by atoms with van der Waals surface area (Å²) < 4.78 is 0. The van der Waals surface area contributed by atoms with Crippen molar-refractivity contribution in [2.24, 2.45) is 0 Å². The van der Waals surface area contributed by atoms with Crippen molar-refractivity contribution in [2.45, 2.75) is 25.4 Å². The molecular formula is C12H16N2O2S. The van der Waals surface area contributed by atoms with Crippen LogP contribution in [0.3, 0.4) is 0 Å². The number of hydrogen-bond acceptors (Lipinski definition) is 4. The van der Waals surface area contributed by atoms with Gasteiger partial charge in [-0.05, 0) is 36.5 Å². The van der Waals surface area contributed by atoms with Crippen LogP contribution in [0.1, 0.15) is 28.9 Å². The van der Waals surface area contributed by atoms with Crippen LogP contribution in [0, 0.1) is 0 Å². The molecule has 1 aliphatic rings. The predicted molar refractivity (Wildman–Crippen MR) is 68.4 cm³/mol. The van der Waals surface area contributed by atoms with Crippen molar-refractivity contribution in [1.82, 2.24) is 10.3 Å². The molecule has 0 aliphatic carbocycles. The maximum absolute atomic E-state index is 10.7. The van der Waals surface area contributed by atoms with Crippen LogP contribution in [0.25, 0.3) is 0 Å². The number of nitrogens with one attached hydrogen (secondary N) is 1. The average molecular weight is 252 g/mol. The first-order valence-corrected chi connectivity index (χ1v) is 6.90. The van der Waals surface area contributed by atoms with Crippen LogP contribution in [0.4, 0.5) is 0 Å². The summed E-state index contributed by atoms with van der Waals surface area (Å²) in [7, 11) is 0. The summed E-state index contributed by atoms with van der Waals surface area (Å²) in [5, 5.41) is 12.2. The highest BCUT2D eigenvalue weighted by Gasteiger charge is 2.12. The molecule has 0 atom stereocenters. The van der Waals surface area contributed by atoms with Gasteiger partial charge in [-0.25, -0.2) is 4.79 Å². The van der Waals surface area contributed by atoms with Gasteiger partial charge in [0.15, 0.2) is 0 Å². The van der Waals surface area contributed by atoms with E-state index in [0.717, 1.165) is 12.2 Å². The van der Waals surface area contributed by atoms with Crippen LogP contribution >= 0.6 is 11.8 Å². The first-order chi connectivity index (χ1) is 8.25. The van der Waals surface area contributed by atoms with Gasteiger partial charge in [0.1, 0.15) is 0 Å². The molecule has 1 aromatic rings. The van der Waals surface area contributed by atoms with E-state index in [2.05, 4.69) is 10.3 Å². The topological polar surface area (TPSA) is 62.2 Å². The zero-order valence-corrected chi connectivity index (χ0v) is 10.4. The monoisotopic (exact) mass is 252 g/mol. The Balaban J connectivity index is 1.84. The first kappa shape index (κ1) is 12.4. The molecule has 2 heterocycles. The van der Waals surface area contributed by atoms with Crippen molar-refractivity contribution in [2.75, 3.05) is 11.5 Å². The summed E-state index contributed by atoms with van der Waals surface area (Å²) in [6.07, 6.45) is 3.83. The van der Waals surface area contributed by atoms with Crippen molar-refractivity contribution in [3.05, 3.63) is 29.6 Å². The summed E-state index contributed by atoms with van der Waals surface area (Å²) in [6.45, 7) is 0.717. The molecule has 1 aliphatic heterocycles. The van der Waals surface area contributed by atoms with E-state index < -0.39 is 5.97 Å². The molecule has 0 aromatic carbocycles. The molecule has 1 fully saturated rings. The van der Waals surface area contributed by atoms with E-state index in [0.29, 0.717) is 6.04 Å². The molecule has 17 heavy (non-hydrogen) atoms. The summed E-state index contributed by atoms with van der Waals surface area (Å²) in [6, 6.07) is 3.95. The summed E-state index contributed by atoms with van der Waals surface area (Å²) in [5.41, 5.74) is 1.14. The van der Waals surface area contributed by atoms with E-state index in [1.165, 1.54) is 30.5 Å². The number of carboxylic acid groups (broad SMARTS) is 1. The van der Waals surface area contributed by atoms with Crippen molar-refractivity contribution >= 4 is 17.7 Å². The second kappa shape index (κ2) is 6.02. The number of thioether (sulfide) groups is 1. The molecule has 2 N–H and O–H groups in total. The number of hydrogen-bond donors (Lipinski definition) is 2. The third-order valence-corrected chi connectivity index (χ3v) is 3.91. The summed E-state index contributed by atoms with van der Waals surface area (Å²) >= 11 is 2.00. The Labute approximate surface area is 105 Å². The first-order valence-electron chi connectivity index (χ1n) is 5.75. The predicted octanol–water partition coefficient (Wildman–Crippen LogP) is 1.77. The van der Waals surface area contributed by atoms with E-state index in [1.54, 1.807) is 12.1 Å². The Morgan fingerprint density at radius 2 is 2.24 bits per heavy atom. The van der Waals surface area contributed by atoms with Crippen molar-refractivity contribution in [3.63, 3.8) is 0 Å². The second-order valence-electron chi connectivity index (χ2n) is 4.11. The van der Waals surface area contributed by atoms with Gasteiger partial charge in [-0.15, -0.1) is 0 Å². The van der Waals surface area contributed by atoms with Crippen LogP contribution in [-0.2, 0) is 6.54 Å². The van der Waals surface area contributed by atoms with Gasteiger partial charge >= 0.3 is 5.97 Å². The number of aromatic carboxylic acids is 1. The summed E-state index contributed by atoms with van der Waals surface area (Å²) in [4.78, 5) is 14.8. The number of carbonyl (C=O) groups is 1. The van der Waals surface area contributed by atoms with Gasteiger partial charge in [0.25, 0.3) is 0 Å². The third-order valence-electron chi connectivity index (χ3n) is 2.86. The number of pyridine rings is 1. The minimum absolute atomic E-state index is 0.239. The van der Waals surface area contributed by atoms with Crippen LogP contribution in [0.2, 0.25) is 0 Å².